The molecule has 1 aliphatic rings. The molecule has 0 aliphatic carbocycles. The first-order valence-corrected chi connectivity index (χ1v) is 13.7. The topological polar surface area (TPSA) is 133 Å². The minimum absolute atomic E-state index is 0.00351. The number of nitrogens with two attached hydrogens (primary N) is 1. The molecule has 2 aromatic heterocycles. The fraction of sp³-hybridized carbons (Fsp3) is 0.258. The average molecular weight is 568 g/mol. The number of methoxy groups -OCH3 is 3. The molecule has 216 valence electrons. The summed E-state index contributed by atoms with van der Waals surface area (Å²) in [5, 5.41) is 14.3. The van der Waals surface area contributed by atoms with Gasteiger partial charge in [-0.05, 0) is 48.2 Å². The number of aliphatic hydroxyl groups excluding tert-OH is 1. The molecule has 0 saturated carbocycles. The van der Waals surface area contributed by atoms with Gasteiger partial charge in [0.2, 0.25) is 11.7 Å². The Labute approximate surface area is 243 Å². The third-order valence-corrected chi connectivity index (χ3v) is 7.53. The molecule has 1 unspecified atom stereocenters. The van der Waals surface area contributed by atoms with Crippen molar-refractivity contribution in [1.82, 2.24) is 19.5 Å². The van der Waals surface area contributed by atoms with Crippen LogP contribution >= 0.6 is 0 Å². The van der Waals surface area contributed by atoms with Crippen molar-refractivity contribution >= 4 is 34.2 Å². The van der Waals surface area contributed by atoms with E-state index in [9.17, 15) is 5.11 Å². The predicted molar refractivity (Wildman–Crippen MR) is 163 cm³/mol. The fourth-order valence-electron chi connectivity index (χ4n) is 5.45. The molecular weight excluding hydrogens is 534 g/mol. The number of ether oxygens (including phenoxy) is 3. The Hall–Kier alpha value is -5.03. The first-order valence-electron chi connectivity index (χ1n) is 13.7. The summed E-state index contributed by atoms with van der Waals surface area (Å²) < 4.78 is 18.3. The third-order valence-electron chi connectivity index (χ3n) is 7.53. The van der Waals surface area contributed by atoms with Crippen LogP contribution in [0.25, 0.3) is 27.7 Å². The molecule has 6 rings (SSSR count). The summed E-state index contributed by atoms with van der Waals surface area (Å²) in [6.45, 7) is 0.873. The summed E-state index contributed by atoms with van der Waals surface area (Å²) in [5.41, 5.74) is 10.3. The molecule has 1 saturated heterocycles. The van der Waals surface area contributed by atoms with E-state index in [2.05, 4.69) is 21.3 Å². The highest BCUT2D eigenvalue weighted by molar-refractivity contribution is 5.94. The second kappa shape index (κ2) is 11.5. The SMILES string of the molecule is COc1cc(-n2cnc(Nc3nc(N4CCCC4CO)c4ccc(-c5cccc(N)c5)cc4n3)c2)cc(OC)c1OC. The molecule has 0 bridgehead atoms. The summed E-state index contributed by atoms with van der Waals surface area (Å²) >= 11 is 0. The number of anilines is 4. The van der Waals surface area contributed by atoms with Crippen molar-refractivity contribution in [2.75, 3.05) is 50.4 Å². The summed E-state index contributed by atoms with van der Waals surface area (Å²) in [6.07, 6.45) is 5.42. The molecule has 1 aliphatic heterocycles. The lowest BCUT2D eigenvalue weighted by Gasteiger charge is -2.26. The van der Waals surface area contributed by atoms with Gasteiger partial charge in [0.15, 0.2) is 17.3 Å². The molecule has 0 radical (unpaired) electrons. The lowest BCUT2D eigenvalue weighted by molar-refractivity contribution is 0.266. The third kappa shape index (κ3) is 5.10. The van der Waals surface area contributed by atoms with Crippen molar-refractivity contribution in [1.29, 1.82) is 0 Å². The van der Waals surface area contributed by atoms with Crippen molar-refractivity contribution < 1.29 is 19.3 Å². The van der Waals surface area contributed by atoms with Crippen LogP contribution in [0.5, 0.6) is 17.2 Å². The molecule has 0 spiro atoms. The van der Waals surface area contributed by atoms with E-state index in [-0.39, 0.29) is 12.6 Å². The zero-order chi connectivity index (χ0) is 29.2. The van der Waals surface area contributed by atoms with Gasteiger partial charge in [-0.15, -0.1) is 0 Å². The highest BCUT2D eigenvalue weighted by Gasteiger charge is 2.27. The van der Waals surface area contributed by atoms with Gasteiger partial charge in [-0.2, -0.15) is 4.98 Å². The molecule has 4 N–H and O–H groups in total. The number of aliphatic hydroxyl groups is 1. The van der Waals surface area contributed by atoms with E-state index in [0.717, 1.165) is 52.9 Å². The van der Waals surface area contributed by atoms with Crippen LogP contribution in [0.15, 0.2) is 67.1 Å². The van der Waals surface area contributed by atoms with E-state index in [4.69, 9.17) is 29.9 Å². The molecule has 1 fully saturated rings. The van der Waals surface area contributed by atoms with Gasteiger partial charge in [0.25, 0.3) is 0 Å². The molecule has 1 atom stereocenters. The molecular formula is C31H33N7O4. The number of hydrogen-bond donors (Lipinski definition) is 3. The summed E-state index contributed by atoms with van der Waals surface area (Å²) in [6, 6.07) is 17.6. The Morgan fingerprint density at radius 3 is 2.48 bits per heavy atom. The summed E-state index contributed by atoms with van der Waals surface area (Å²) in [7, 11) is 4.73. The van der Waals surface area contributed by atoms with Gasteiger partial charge in [0.1, 0.15) is 12.1 Å². The van der Waals surface area contributed by atoms with Crippen LogP contribution in [-0.4, -0.2) is 65.1 Å². The van der Waals surface area contributed by atoms with Crippen LogP contribution in [-0.2, 0) is 0 Å². The zero-order valence-corrected chi connectivity index (χ0v) is 23.7. The number of nitrogens with one attached hydrogen (secondary N) is 1. The zero-order valence-electron chi connectivity index (χ0n) is 23.7. The summed E-state index contributed by atoms with van der Waals surface area (Å²) in [4.78, 5) is 16.5. The Morgan fingerprint density at radius 2 is 1.76 bits per heavy atom. The van der Waals surface area contributed by atoms with Crippen LogP contribution in [0, 0.1) is 0 Å². The maximum absolute atomic E-state index is 10.1. The van der Waals surface area contributed by atoms with Crippen molar-refractivity contribution in [3.63, 3.8) is 0 Å². The van der Waals surface area contributed by atoms with Gasteiger partial charge in [-0.3, -0.25) is 0 Å². The lowest BCUT2D eigenvalue weighted by atomic mass is 10.0. The molecule has 3 aromatic carbocycles. The molecule has 3 heterocycles. The number of aromatic nitrogens is 4. The van der Waals surface area contributed by atoms with Gasteiger partial charge < -0.3 is 39.8 Å². The van der Waals surface area contributed by atoms with E-state index in [1.54, 1.807) is 27.7 Å². The second-order valence-corrected chi connectivity index (χ2v) is 10.1. The fourth-order valence-corrected chi connectivity index (χ4v) is 5.45. The van der Waals surface area contributed by atoms with E-state index >= 15 is 0 Å². The predicted octanol–water partition coefficient (Wildman–Crippen LogP) is 4.80. The van der Waals surface area contributed by atoms with E-state index in [1.807, 2.05) is 59.3 Å². The van der Waals surface area contributed by atoms with Crippen LogP contribution in [0.3, 0.4) is 0 Å². The smallest absolute Gasteiger partial charge is 0.230 e. The van der Waals surface area contributed by atoms with Crippen molar-refractivity contribution in [3.05, 3.63) is 67.1 Å². The van der Waals surface area contributed by atoms with Crippen LogP contribution < -0.4 is 30.2 Å². The first kappa shape index (κ1) is 27.2. The standard InChI is InChI=1S/C31H33N7O4/c1-40-26-14-23(15-27(41-2)29(26)42-3)37-16-28(33-18-37)35-31-34-25-13-20(19-6-4-7-21(32)12-19)9-10-24(25)30(36-31)38-11-5-8-22(38)17-39/h4,6-7,9-10,12-16,18,22,39H,5,8,11,17,32H2,1-3H3,(H,34,35,36). The Balaban J connectivity index is 1.39. The molecule has 42 heavy (non-hydrogen) atoms. The number of hydrogen-bond acceptors (Lipinski definition) is 10. The number of imidazole rings is 1. The van der Waals surface area contributed by atoms with Crippen molar-refractivity contribution in [2.24, 2.45) is 0 Å². The Morgan fingerprint density at radius 1 is 0.976 bits per heavy atom. The van der Waals surface area contributed by atoms with Gasteiger partial charge in [-0.25, -0.2) is 9.97 Å². The quantitative estimate of drug-likeness (QED) is 0.213. The number of rotatable bonds is 9. The largest absolute Gasteiger partial charge is 0.493 e. The highest BCUT2D eigenvalue weighted by Crippen LogP contribution is 2.39. The van der Waals surface area contributed by atoms with Gasteiger partial charge in [-0.1, -0.05) is 18.2 Å². The molecule has 5 aromatic rings. The second-order valence-electron chi connectivity index (χ2n) is 10.1. The van der Waals surface area contributed by atoms with E-state index in [1.165, 1.54) is 0 Å². The van der Waals surface area contributed by atoms with Gasteiger partial charge >= 0.3 is 0 Å². The first-order chi connectivity index (χ1) is 20.5. The van der Waals surface area contributed by atoms with Crippen LogP contribution in [0.4, 0.5) is 23.3 Å². The molecule has 0 amide bonds. The Bertz CT molecular complexity index is 1710. The normalized spacial score (nSPS) is 14.8. The highest BCUT2D eigenvalue weighted by atomic mass is 16.5. The minimum atomic E-state index is 0.00351. The number of nitrogen functional groups attached to an aromatic ring is 1. The van der Waals surface area contributed by atoms with Crippen LogP contribution in [0.1, 0.15) is 12.8 Å². The van der Waals surface area contributed by atoms with E-state index in [0.29, 0.717) is 34.7 Å². The van der Waals surface area contributed by atoms with Gasteiger partial charge in [0, 0.05) is 29.8 Å². The minimum Gasteiger partial charge on any atom is -0.493 e. The van der Waals surface area contributed by atoms with Crippen molar-refractivity contribution in [3.8, 4) is 34.1 Å². The van der Waals surface area contributed by atoms with Crippen molar-refractivity contribution in [2.45, 2.75) is 18.9 Å². The Kier molecular flexibility index (Phi) is 7.41. The summed E-state index contributed by atoms with van der Waals surface area (Å²) in [5.74, 6) is 3.33. The maximum Gasteiger partial charge on any atom is 0.230 e. The molecule has 11 heteroatoms. The number of nitrogens with zero attached hydrogens (tertiary/aromatic N) is 5. The maximum atomic E-state index is 10.1. The number of fused-ring (bicyclic) bond motifs is 1. The monoisotopic (exact) mass is 567 g/mol. The van der Waals surface area contributed by atoms with Gasteiger partial charge in [0.05, 0.1) is 51.4 Å². The van der Waals surface area contributed by atoms with E-state index < -0.39 is 0 Å². The van der Waals surface area contributed by atoms with Crippen LogP contribution in [0.2, 0.25) is 0 Å². The lowest BCUT2D eigenvalue weighted by Crippen LogP contribution is -2.33. The number of benzene rings is 3. The average Bonchev–Trinajstić information content (AvgIpc) is 3.69. The molecule has 11 nitrogen and oxygen atoms in total.